The molecule has 1 aliphatic heterocycles. The van der Waals surface area contributed by atoms with Crippen LogP contribution in [0.4, 0.5) is 4.79 Å². The zero-order valence-corrected chi connectivity index (χ0v) is 23.0. The van der Waals surface area contributed by atoms with Crippen LogP contribution in [-0.2, 0) is 28.9 Å². The number of hydrogen-bond acceptors (Lipinski definition) is 4. The Morgan fingerprint density at radius 1 is 0.842 bits per heavy atom. The number of amides is 1. The molecule has 0 N–H and O–H groups in total. The van der Waals surface area contributed by atoms with Gasteiger partial charge in [-0.05, 0) is 75.6 Å². The van der Waals surface area contributed by atoms with E-state index in [2.05, 4.69) is 54.6 Å². The first kappa shape index (κ1) is 27.7. The normalized spacial score (nSPS) is 17.4. The fraction of sp³-hybridized carbons (Fsp3) is 0.424. The highest BCUT2D eigenvalue weighted by molar-refractivity contribution is 5.69. The van der Waals surface area contributed by atoms with E-state index in [0.29, 0.717) is 26.2 Å². The predicted molar refractivity (Wildman–Crippen MR) is 151 cm³/mol. The van der Waals surface area contributed by atoms with Crippen molar-refractivity contribution in [2.24, 2.45) is 0 Å². The molecule has 4 rings (SSSR count). The molecule has 1 fully saturated rings. The van der Waals surface area contributed by atoms with Gasteiger partial charge in [0.25, 0.3) is 0 Å². The molecule has 0 bridgehead atoms. The average molecular weight is 516 g/mol. The fourth-order valence-electron chi connectivity index (χ4n) is 4.81. The molecule has 3 aromatic rings. The Morgan fingerprint density at radius 2 is 1.47 bits per heavy atom. The van der Waals surface area contributed by atoms with Crippen LogP contribution in [0, 0.1) is 0 Å². The summed E-state index contributed by atoms with van der Waals surface area (Å²) in [6.07, 6.45) is 4.61. The minimum absolute atomic E-state index is 0.0652. The van der Waals surface area contributed by atoms with Gasteiger partial charge in [0, 0.05) is 0 Å². The number of nitrogens with zero attached hydrogens (tertiary/aromatic N) is 1. The second-order valence-corrected chi connectivity index (χ2v) is 11.1. The lowest BCUT2D eigenvalue weighted by molar-refractivity contribution is 0.0127. The number of benzene rings is 3. The highest BCUT2D eigenvalue weighted by Crippen LogP contribution is 2.27. The van der Waals surface area contributed by atoms with Gasteiger partial charge in [0.15, 0.2) is 0 Å². The van der Waals surface area contributed by atoms with Crippen LogP contribution in [0.3, 0.4) is 0 Å². The van der Waals surface area contributed by atoms with Gasteiger partial charge in [0.2, 0.25) is 0 Å². The van der Waals surface area contributed by atoms with Crippen molar-refractivity contribution in [3.05, 3.63) is 102 Å². The van der Waals surface area contributed by atoms with E-state index in [1.165, 1.54) is 11.1 Å². The number of unbranched alkanes of at least 4 members (excludes halogenated alkanes) is 1. The van der Waals surface area contributed by atoms with E-state index in [-0.39, 0.29) is 18.2 Å². The van der Waals surface area contributed by atoms with Crippen LogP contribution in [0.1, 0.15) is 56.7 Å². The minimum atomic E-state index is -0.558. The molecule has 202 valence electrons. The number of carbonyl (C=O) groups is 1. The molecular formula is C33H41NO4. The summed E-state index contributed by atoms with van der Waals surface area (Å²) in [7, 11) is 0. The summed E-state index contributed by atoms with van der Waals surface area (Å²) in [5.74, 6) is 0.894. The molecule has 5 heteroatoms. The topological polar surface area (TPSA) is 48.0 Å². The maximum absolute atomic E-state index is 13.1. The molecule has 1 unspecified atom stereocenters. The van der Waals surface area contributed by atoms with Crippen LogP contribution in [-0.4, -0.2) is 41.9 Å². The van der Waals surface area contributed by atoms with Crippen LogP contribution in [0.25, 0.3) is 0 Å². The van der Waals surface area contributed by atoms with Gasteiger partial charge in [0.1, 0.15) is 18.0 Å². The maximum Gasteiger partial charge on any atom is 0.410 e. The van der Waals surface area contributed by atoms with Crippen molar-refractivity contribution >= 4 is 6.09 Å². The van der Waals surface area contributed by atoms with Crippen LogP contribution < -0.4 is 4.74 Å². The summed E-state index contributed by atoms with van der Waals surface area (Å²) in [6, 6.07) is 28.9. The van der Waals surface area contributed by atoms with E-state index in [4.69, 9.17) is 14.2 Å². The second kappa shape index (κ2) is 13.5. The Kier molecular flexibility index (Phi) is 9.83. The first-order valence-electron chi connectivity index (χ1n) is 13.8. The van der Waals surface area contributed by atoms with Gasteiger partial charge < -0.3 is 14.2 Å². The van der Waals surface area contributed by atoms with Crippen LogP contribution >= 0.6 is 0 Å². The summed E-state index contributed by atoms with van der Waals surface area (Å²) in [4.78, 5) is 14.8. The van der Waals surface area contributed by atoms with Gasteiger partial charge in [-0.25, -0.2) is 4.79 Å². The van der Waals surface area contributed by atoms with Crippen molar-refractivity contribution < 1.29 is 19.0 Å². The molecule has 38 heavy (non-hydrogen) atoms. The van der Waals surface area contributed by atoms with Crippen molar-refractivity contribution in [1.82, 2.24) is 4.90 Å². The predicted octanol–water partition coefficient (Wildman–Crippen LogP) is 7.23. The molecular weight excluding hydrogens is 474 g/mol. The molecule has 1 saturated heterocycles. The van der Waals surface area contributed by atoms with Crippen molar-refractivity contribution in [2.75, 3.05) is 13.2 Å². The van der Waals surface area contributed by atoms with Crippen molar-refractivity contribution in [3.8, 4) is 5.75 Å². The van der Waals surface area contributed by atoms with Gasteiger partial charge in [-0.15, -0.1) is 0 Å². The molecule has 0 aliphatic carbocycles. The Labute approximate surface area is 227 Å². The number of para-hydroxylation sites is 1. The Hall–Kier alpha value is -3.31. The number of aryl methyl sites for hydroxylation is 2. The largest absolute Gasteiger partial charge is 0.491 e. The van der Waals surface area contributed by atoms with E-state index in [0.717, 1.165) is 37.0 Å². The lowest BCUT2D eigenvalue weighted by Crippen LogP contribution is -2.42. The summed E-state index contributed by atoms with van der Waals surface area (Å²) in [5.41, 5.74) is 3.15. The molecule has 2 atom stereocenters. The van der Waals surface area contributed by atoms with Gasteiger partial charge in [-0.1, -0.05) is 78.9 Å². The number of carbonyl (C=O) groups excluding carboxylic acids is 1. The SMILES string of the molecule is CC(C)(C)OC(=O)N1C[C@H](OCc2ccccc2)CC1COc1ccccc1CCCCc1ccccc1. The summed E-state index contributed by atoms with van der Waals surface area (Å²) >= 11 is 0. The number of rotatable bonds is 11. The third kappa shape index (κ3) is 8.63. The summed E-state index contributed by atoms with van der Waals surface area (Å²) in [6.45, 7) is 7.10. The highest BCUT2D eigenvalue weighted by atomic mass is 16.6. The smallest absolute Gasteiger partial charge is 0.410 e. The first-order chi connectivity index (χ1) is 18.4. The van der Waals surface area contributed by atoms with E-state index >= 15 is 0 Å². The standard InChI is InChI=1S/C33H41NO4/c1-33(2,3)38-32(35)34-23-30(36-24-27-17-8-5-9-18-27)22-29(34)25-37-31-21-13-12-20-28(31)19-11-10-16-26-14-6-4-7-15-26/h4-9,12-15,17-18,20-21,29-30H,10-11,16,19,22-25H2,1-3H3/t29?,30-/m1/s1. The zero-order chi connectivity index (χ0) is 26.8. The van der Waals surface area contributed by atoms with E-state index < -0.39 is 5.60 Å². The van der Waals surface area contributed by atoms with E-state index in [1.807, 2.05) is 51.1 Å². The second-order valence-electron chi connectivity index (χ2n) is 11.1. The summed E-state index contributed by atoms with van der Waals surface area (Å²) in [5, 5.41) is 0. The molecule has 1 heterocycles. The van der Waals surface area contributed by atoms with Crippen molar-refractivity contribution in [2.45, 2.75) is 77.2 Å². The Bertz CT molecular complexity index is 1130. The molecule has 1 amide bonds. The van der Waals surface area contributed by atoms with Crippen molar-refractivity contribution in [1.29, 1.82) is 0 Å². The molecule has 0 spiro atoms. The fourth-order valence-corrected chi connectivity index (χ4v) is 4.81. The minimum Gasteiger partial charge on any atom is -0.491 e. The number of hydrogen-bond donors (Lipinski definition) is 0. The number of likely N-dealkylation sites (tertiary alicyclic amines) is 1. The van der Waals surface area contributed by atoms with Gasteiger partial charge >= 0.3 is 6.09 Å². The average Bonchev–Trinajstić information content (AvgIpc) is 3.33. The summed E-state index contributed by atoms with van der Waals surface area (Å²) < 4.78 is 18.3. The van der Waals surface area contributed by atoms with Crippen LogP contribution in [0.5, 0.6) is 5.75 Å². The van der Waals surface area contributed by atoms with Crippen LogP contribution in [0.2, 0.25) is 0 Å². The molecule has 0 saturated carbocycles. The van der Waals surface area contributed by atoms with Crippen LogP contribution in [0.15, 0.2) is 84.9 Å². The molecule has 3 aromatic carbocycles. The molecule has 0 radical (unpaired) electrons. The third-order valence-electron chi connectivity index (χ3n) is 6.74. The van der Waals surface area contributed by atoms with E-state index in [9.17, 15) is 4.79 Å². The lowest BCUT2D eigenvalue weighted by Gasteiger charge is -2.28. The molecule has 1 aliphatic rings. The molecule has 5 nitrogen and oxygen atoms in total. The monoisotopic (exact) mass is 515 g/mol. The zero-order valence-electron chi connectivity index (χ0n) is 23.0. The van der Waals surface area contributed by atoms with Crippen molar-refractivity contribution in [3.63, 3.8) is 0 Å². The maximum atomic E-state index is 13.1. The number of ether oxygens (including phenoxy) is 3. The Morgan fingerprint density at radius 3 is 2.18 bits per heavy atom. The highest BCUT2D eigenvalue weighted by Gasteiger charge is 2.38. The molecule has 0 aromatic heterocycles. The lowest BCUT2D eigenvalue weighted by atomic mass is 10.0. The Balaban J connectivity index is 1.34. The third-order valence-corrected chi connectivity index (χ3v) is 6.74. The van der Waals surface area contributed by atoms with E-state index in [1.54, 1.807) is 4.90 Å². The van der Waals surface area contributed by atoms with Gasteiger partial charge in [-0.3, -0.25) is 4.90 Å². The van der Waals surface area contributed by atoms with Gasteiger partial charge in [0.05, 0.1) is 25.3 Å². The first-order valence-corrected chi connectivity index (χ1v) is 13.8. The van der Waals surface area contributed by atoms with Gasteiger partial charge in [-0.2, -0.15) is 0 Å². The quantitative estimate of drug-likeness (QED) is 0.253.